The molecule has 0 aliphatic heterocycles. The van der Waals surface area contributed by atoms with Crippen molar-refractivity contribution < 1.29 is 80.8 Å². The van der Waals surface area contributed by atoms with Crippen LogP contribution < -0.4 is 6.15 Å². The van der Waals surface area contributed by atoms with Gasteiger partial charge in [-0.2, -0.15) is 0 Å². The number of rotatable bonds is 0. The third-order valence-electron chi connectivity index (χ3n) is 0. The zero-order valence-corrected chi connectivity index (χ0v) is 8.34. The maximum Gasteiger partial charge on any atom is 0 e. The van der Waals surface area contributed by atoms with Crippen molar-refractivity contribution in [2.24, 2.45) is 0 Å². The van der Waals surface area contributed by atoms with Crippen molar-refractivity contribution in [3.05, 3.63) is 7.43 Å². The van der Waals surface area contributed by atoms with Crippen molar-refractivity contribution in [3.63, 3.8) is 0 Å². The fourth-order valence-electron chi connectivity index (χ4n) is 0. The summed E-state index contributed by atoms with van der Waals surface area (Å²) in [5, 5.41) is 0. The van der Waals surface area contributed by atoms with E-state index in [9.17, 15) is 0 Å². The van der Waals surface area contributed by atoms with Gasteiger partial charge in [-0.05, 0) is 0 Å². The molecule has 0 spiro atoms. The number of hydrogen-bond donors (Lipinski definition) is 1. The average molecular weight is 360 g/mol. The fraction of sp³-hybridized carbons (Fsp3) is 0.500. The van der Waals surface area contributed by atoms with Crippen LogP contribution in [0.2, 0.25) is 0 Å². The van der Waals surface area contributed by atoms with Crippen molar-refractivity contribution in [1.29, 1.82) is 0 Å². The first kappa shape index (κ1) is 70.8. The van der Waals surface area contributed by atoms with E-state index in [-0.39, 0.29) is 110 Å². The molecule has 0 saturated carbocycles. The Hall–Kier alpha value is 2.70. The smallest absolute Gasteiger partial charge is 0 e. The Bertz CT molecular complexity index is 11.5. The molecule has 0 rings (SSSR count). The third-order valence-corrected chi connectivity index (χ3v) is 0. The van der Waals surface area contributed by atoms with Gasteiger partial charge in [0.1, 0.15) is 0 Å². The van der Waals surface area contributed by atoms with Crippen LogP contribution in [0.5, 0.6) is 0 Å². The standard InChI is InChI=1S/CH4.CH3.B.H3N.2Sm/h1H4;1H3;;1H3;;/q;-1;;;;. The van der Waals surface area contributed by atoms with Gasteiger partial charge in [0, 0.05) is 89.2 Å². The summed E-state index contributed by atoms with van der Waals surface area (Å²) in [6, 6.07) is 0. The first-order valence-corrected chi connectivity index (χ1v) is 0. The van der Waals surface area contributed by atoms with Crippen molar-refractivity contribution in [1.82, 2.24) is 6.15 Å². The molecule has 0 aliphatic rings. The molecule has 1 nitrogen and oxygen atoms in total. The van der Waals surface area contributed by atoms with Crippen molar-refractivity contribution in [2.75, 3.05) is 0 Å². The minimum absolute atomic E-state index is 0. The summed E-state index contributed by atoms with van der Waals surface area (Å²) in [5.41, 5.74) is 0. The van der Waals surface area contributed by atoms with E-state index in [0.29, 0.717) is 0 Å². The number of hydrogen-bond acceptors (Lipinski definition) is 1. The SMILES string of the molecule is C.N.[B].[CH3-].[Sm].[Sm]. The van der Waals surface area contributed by atoms with Crippen LogP contribution in [0.4, 0.5) is 0 Å². The van der Waals surface area contributed by atoms with Gasteiger partial charge in [-0.3, -0.25) is 0 Å². The van der Waals surface area contributed by atoms with Gasteiger partial charge in [-0.1, -0.05) is 7.43 Å². The topological polar surface area (TPSA) is 35.0 Å². The Kier molecular flexibility index (Phi) is 559. The van der Waals surface area contributed by atoms with Crippen molar-refractivity contribution in [3.8, 4) is 0 Å². The van der Waals surface area contributed by atoms with Gasteiger partial charge >= 0.3 is 0 Å². The zero-order chi connectivity index (χ0) is 0. The molecule has 3 N–H and O–H groups in total. The summed E-state index contributed by atoms with van der Waals surface area (Å²) in [6.07, 6.45) is 0. The summed E-state index contributed by atoms with van der Waals surface area (Å²) < 4.78 is 0. The predicted octanol–water partition coefficient (Wildman–Crippen LogP) is 0.868. The van der Waals surface area contributed by atoms with Gasteiger partial charge in [0.2, 0.25) is 0 Å². The Labute approximate surface area is 108 Å². The van der Waals surface area contributed by atoms with Crippen LogP contribution in [-0.4, -0.2) is 8.41 Å². The molecule has 0 atom stereocenters. The summed E-state index contributed by atoms with van der Waals surface area (Å²) in [5.74, 6) is 0. The molecule has 4 heteroatoms. The van der Waals surface area contributed by atoms with E-state index in [1.54, 1.807) is 0 Å². The Morgan fingerprint density at radius 2 is 0.833 bits per heavy atom. The van der Waals surface area contributed by atoms with E-state index >= 15 is 0 Å². The summed E-state index contributed by atoms with van der Waals surface area (Å²) in [6.45, 7) is 0. The van der Waals surface area contributed by atoms with Gasteiger partial charge < -0.3 is 13.6 Å². The van der Waals surface area contributed by atoms with E-state index in [1.165, 1.54) is 0 Å². The normalized spacial score (nSPS) is 0. The molecule has 39 valence electrons. The molecule has 0 fully saturated rings. The van der Waals surface area contributed by atoms with Gasteiger partial charge in [0.25, 0.3) is 0 Å². The van der Waals surface area contributed by atoms with Crippen LogP contribution in [0.15, 0.2) is 0 Å². The average Bonchev–Trinajstić information content (AvgIpc) is 0. The summed E-state index contributed by atoms with van der Waals surface area (Å²) in [4.78, 5) is 0. The monoisotopic (exact) mass is 363 g/mol. The van der Waals surface area contributed by atoms with E-state index in [4.69, 9.17) is 0 Å². The molecule has 0 aliphatic carbocycles. The first-order chi connectivity index (χ1) is 0. The molecule has 0 aromatic heterocycles. The molecule has 0 aromatic carbocycles. The van der Waals surface area contributed by atoms with E-state index < -0.39 is 0 Å². The molecule has 0 unspecified atom stereocenters. The molecular weight excluding hydrogens is 350 g/mol. The maximum atomic E-state index is 0. The fourth-order valence-corrected chi connectivity index (χ4v) is 0. The summed E-state index contributed by atoms with van der Waals surface area (Å²) >= 11 is 0. The minimum atomic E-state index is 0. The van der Waals surface area contributed by atoms with Gasteiger partial charge in [0.05, 0.1) is 0 Å². The van der Waals surface area contributed by atoms with Crippen LogP contribution in [0.3, 0.4) is 0 Å². The molecule has 0 bridgehead atoms. The first-order valence-electron chi connectivity index (χ1n) is 0. The molecule has 0 aromatic rings. The van der Waals surface area contributed by atoms with Crippen LogP contribution in [0.1, 0.15) is 7.43 Å². The van der Waals surface area contributed by atoms with Gasteiger partial charge in [-0.15, -0.1) is 0 Å². The molecular formula is C2H10BNSm2-. The predicted molar refractivity (Wildman–Crippen MR) is 23.9 cm³/mol. The van der Waals surface area contributed by atoms with Crippen LogP contribution in [0.25, 0.3) is 0 Å². The maximum absolute atomic E-state index is 0. The van der Waals surface area contributed by atoms with Crippen LogP contribution in [-0.2, 0) is 0 Å². The minimum Gasteiger partial charge on any atom is -0.358 e. The quantitative estimate of drug-likeness (QED) is 0.505. The second-order valence-electron chi connectivity index (χ2n) is 0. The Balaban J connectivity index is 0. The molecule has 0 amide bonds. The van der Waals surface area contributed by atoms with E-state index in [1.807, 2.05) is 0 Å². The van der Waals surface area contributed by atoms with Crippen LogP contribution in [0, 0.1) is 88.2 Å². The summed E-state index contributed by atoms with van der Waals surface area (Å²) in [7, 11) is 0. The zero-order valence-electron chi connectivity index (χ0n) is 3.10. The molecule has 0 saturated heterocycles. The van der Waals surface area contributed by atoms with Crippen molar-refractivity contribution >= 4 is 8.41 Å². The second-order valence-corrected chi connectivity index (χ2v) is 0. The van der Waals surface area contributed by atoms with Crippen molar-refractivity contribution in [2.45, 2.75) is 7.43 Å². The van der Waals surface area contributed by atoms with E-state index in [0.717, 1.165) is 0 Å². The second kappa shape index (κ2) is 47.4. The molecule has 6 heavy (non-hydrogen) atoms. The molecule has 3 radical (unpaired) electrons. The largest absolute Gasteiger partial charge is 0.358 e. The Morgan fingerprint density at radius 3 is 0.833 bits per heavy atom. The third kappa shape index (κ3) is 29.9. The van der Waals surface area contributed by atoms with Gasteiger partial charge in [0.15, 0.2) is 0 Å². The van der Waals surface area contributed by atoms with Gasteiger partial charge in [-0.25, -0.2) is 0 Å². The van der Waals surface area contributed by atoms with Crippen LogP contribution >= 0.6 is 0 Å². The Morgan fingerprint density at radius 1 is 0.833 bits per heavy atom. The van der Waals surface area contributed by atoms with E-state index in [2.05, 4.69) is 0 Å². The molecule has 0 heterocycles.